The molecule has 3 rings (SSSR count). The topological polar surface area (TPSA) is 87.1 Å². The average Bonchev–Trinajstić information content (AvgIpc) is 2.94. The van der Waals surface area contributed by atoms with Gasteiger partial charge in [0.2, 0.25) is 5.82 Å². The number of benzene rings is 1. The minimum Gasteiger partial charge on any atom is -0.484 e. The Morgan fingerprint density at radius 1 is 1.29 bits per heavy atom. The third-order valence-corrected chi connectivity index (χ3v) is 2.95. The third-order valence-electron chi connectivity index (χ3n) is 2.95. The third kappa shape index (κ3) is 3.00. The molecule has 0 aliphatic heterocycles. The van der Waals surface area contributed by atoms with Crippen LogP contribution in [0.4, 0.5) is 5.69 Å². The smallest absolute Gasteiger partial charge is 0.264 e. The van der Waals surface area contributed by atoms with Crippen LogP contribution in [0, 0.1) is 6.92 Å². The Kier molecular flexibility index (Phi) is 3.51. The van der Waals surface area contributed by atoms with Gasteiger partial charge in [-0.3, -0.25) is 4.98 Å². The molecule has 0 saturated carbocycles. The van der Waals surface area contributed by atoms with Gasteiger partial charge < -0.3 is 15.0 Å². The first-order chi connectivity index (χ1) is 10.2. The first-order valence-corrected chi connectivity index (χ1v) is 6.44. The van der Waals surface area contributed by atoms with E-state index in [-0.39, 0.29) is 6.61 Å². The molecule has 106 valence electrons. The highest BCUT2D eigenvalue weighted by molar-refractivity contribution is 5.57. The predicted molar refractivity (Wildman–Crippen MR) is 77.5 cm³/mol. The summed E-state index contributed by atoms with van der Waals surface area (Å²) in [6, 6.07) is 9.03. The zero-order valence-electron chi connectivity index (χ0n) is 11.5. The summed E-state index contributed by atoms with van der Waals surface area (Å²) in [4.78, 5) is 8.36. The molecule has 0 atom stereocenters. The van der Waals surface area contributed by atoms with Crippen molar-refractivity contribution in [2.24, 2.45) is 0 Å². The lowest BCUT2D eigenvalue weighted by Gasteiger charge is -2.03. The highest BCUT2D eigenvalue weighted by Crippen LogP contribution is 2.20. The molecule has 0 fully saturated rings. The van der Waals surface area contributed by atoms with Crippen LogP contribution < -0.4 is 10.5 Å². The zero-order chi connectivity index (χ0) is 14.7. The fourth-order valence-corrected chi connectivity index (χ4v) is 1.90. The van der Waals surface area contributed by atoms with E-state index in [1.807, 2.05) is 25.1 Å². The van der Waals surface area contributed by atoms with Crippen LogP contribution in [-0.4, -0.2) is 15.1 Å². The summed E-state index contributed by atoms with van der Waals surface area (Å²) in [6.07, 6.45) is 3.45. The molecule has 0 saturated heterocycles. The number of hydrogen-bond donors (Lipinski definition) is 1. The number of hydrogen-bond acceptors (Lipinski definition) is 6. The maximum Gasteiger partial charge on any atom is 0.264 e. The minimum atomic E-state index is 0.195. The van der Waals surface area contributed by atoms with Crippen molar-refractivity contribution in [3.63, 3.8) is 0 Å². The highest BCUT2D eigenvalue weighted by atomic mass is 16.5. The molecular formula is C15H14N4O2. The molecule has 0 bridgehead atoms. The van der Waals surface area contributed by atoms with Crippen molar-refractivity contribution in [1.82, 2.24) is 15.1 Å². The van der Waals surface area contributed by atoms with Crippen molar-refractivity contribution in [2.75, 3.05) is 5.73 Å². The van der Waals surface area contributed by atoms with Crippen LogP contribution in [-0.2, 0) is 6.61 Å². The predicted octanol–water partition coefficient (Wildman–Crippen LogP) is 2.60. The Balaban J connectivity index is 1.72. The van der Waals surface area contributed by atoms with E-state index in [0.29, 0.717) is 23.2 Å². The SMILES string of the molecule is Cc1cnccc1-c1noc(COc2cccc(N)c2)n1. The zero-order valence-corrected chi connectivity index (χ0v) is 11.5. The summed E-state index contributed by atoms with van der Waals surface area (Å²) in [6.45, 7) is 2.14. The van der Waals surface area contributed by atoms with Crippen molar-refractivity contribution in [3.8, 4) is 17.1 Å². The van der Waals surface area contributed by atoms with E-state index in [2.05, 4.69) is 15.1 Å². The van der Waals surface area contributed by atoms with Gasteiger partial charge in [-0.05, 0) is 30.7 Å². The molecule has 2 aromatic heterocycles. The molecular weight excluding hydrogens is 268 g/mol. The summed E-state index contributed by atoms with van der Waals surface area (Å²) < 4.78 is 10.8. The van der Waals surface area contributed by atoms with Gasteiger partial charge in [0.15, 0.2) is 6.61 Å². The van der Waals surface area contributed by atoms with E-state index in [1.54, 1.807) is 24.5 Å². The quantitative estimate of drug-likeness (QED) is 0.740. The Labute approximate surface area is 121 Å². The van der Waals surface area contributed by atoms with E-state index in [9.17, 15) is 0 Å². The molecule has 0 amide bonds. The minimum absolute atomic E-state index is 0.195. The monoisotopic (exact) mass is 282 g/mol. The molecule has 0 unspecified atom stereocenters. The Morgan fingerprint density at radius 2 is 2.19 bits per heavy atom. The van der Waals surface area contributed by atoms with Crippen molar-refractivity contribution in [3.05, 3.63) is 54.2 Å². The van der Waals surface area contributed by atoms with Gasteiger partial charge in [0.05, 0.1) is 0 Å². The van der Waals surface area contributed by atoms with Gasteiger partial charge in [-0.1, -0.05) is 11.2 Å². The van der Waals surface area contributed by atoms with Crippen molar-refractivity contribution < 1.29 is 9.26 Å². The van der Waals surface area contributed by atoms with Crippen LogP contribution in [0.2, 0.25) is 0 Å². The maximum atomic E-state index is 5.69. The first kappa shape index (κ1) is 13.1. The summed E-state index contributed by atoms with van der Waals surface area (Å²) in [5.74, 6) is 1.60. The molecule has 0 spiro atoms. The number of nitrogen functional groups attached to an aromatic ring is 1. The molecule has 6 nitrogen and oxygen atoms in total. The van der Waals surface area contributed by atoms with Crippen LogP contribution in [0.25, 0.3) is 11.4 Å². The first-order valence-electron chi connectivity index (χ1n) is 6.44. The van der Waals surface area contributed by atoms with E-state index < -0.39 is 0 Å². The number of aryl methyl sites for hydroxylation is 1. The molecule has 0 aliphatic rings. The number of nitrogens with zero attached hydrogens (tertiary/aromatic N) is 3. The second-order valence-corrected chi connectivity index (χ2v) is 4.56. The standard InChI is InChI=1S/C15H14N4O2/c1-10-8-17-6-5-13(10)15-18-14(21-19-15)9-20-12-4-2-3-11(16)7-12/h2-8H,9,16H2,1H3. The van der Waals surface area contributed by atoms with Crippen molar-refractivity contribution in [2.45, 2.75) is 13.5 Å². The fraction of sp³-hybridized carbons (Fsp3) is 0.133. The highest BCUT2D eigenvalue weighted by Gasteiger charge is 2.11. The molecule has 2 heterocycles. The summed E-state index contributed by atoms with van der Waals surface area (Å²) in [5.41, 5.74) is 8.21. The van der Waals surface area contributed by atoms with Gasteiger partial charge >= 0.3 is 0 Å². The summed E-state index contributed by atoms with van der Waals surface area (Å²) in [5, 5.41) is 3.96. The largest absolute Gasteiger partial charge is 0.484 e. The second kappa shape index (κ2) is 5.62. The maximum absolute atomic E-state index is 5.69. The van der Waals surface area contributed by atoms with E-state index in [4.69, 9.17) is 15.0 Å². The van der Waals surface area contributed by atoms with Crippen LogP contribution >= 0.6 is 0 Å². The number of aromatic nitrogens is 3. The Hall–Kier alpha value is -2.89. The molecule has 6 heteroatoms. The lowest BCUT2D eigenvalue weighted by atomic mass is 10.1. The van der Waals surface area contributed by atoms with Crippen LogP contribution in [0.1, 0.15) is 11.5 Å². The Bertz CT molecular complexity index is 755. The molecule has 1 aromatic carbocycles. The lowest BCUT2D eigenvalue weighted by molar-refractivity contribution is 0.243. The van der Waals surface area contributed by atoms with Crippen molar-refractivity contribution >= 4 is 5.69 Å². The number of ether oxygens (including phenoxy) is 1. The number of nitrogens with two attached hydrogens (primary N) is 1. The van der Waals surface area contributed by atoms with E-state index >= 15 is 0 Å². The molecule has 21 heavy (non-hydrogen) atoms. The molecule has 0 aliphatic carbocycles. The van der Waals surface area contributed by atoms with Gasteiger partial charge in [-0.25, -0.2) is 0 Å². The number of rotatable bonds is 4. The average molecular weight is 282 g/mol. The van der Waals surface area contributed by atoms with Gasteiger partial charge in [0.1, 0.15) is 5.75 Å². The normalized spacial score (nSPS) is 10.5. The van der Waals surface area contributed by atoms with Crippen LogP contribution in [0.15, 0.2) is 47.2 Å². The molecule has 0 radical (unpaired) electrons. The summed E-state index contributed by atoms with van der Waals surface area (Å²) in [7, 11) is 0. The fourth-order valence-electron chi connectivity index (χ4n) is 1.90. The second-order valence-electron chi connectivity index (χ2n) is 4.56. The van der Waals surface area contributed by atoms with Gasteiger partial charge in [0.25, 0.3) is 5.89 Å². The van der Waals surface area contributed by atoms with Crippen LogP contribution in [0.3, 0.4) is 0 Å². The Morgan fingerprint density at radius 3 is 3.00 bits per heavy atom. The summed E-state index contributed by atoms with van der Waals surface area (Å²) >= 11 is 0. The lowest BCUT2D eigenvalue weighted by Crippen LogP contribution is -1.96. The van der Waals surface area contributed by atoms with E-state index in [0.717, 1.165) is 11.1 Å². The van der Waals surface area contributed by atoms with E-state index in [1.165, 1.54) is 0 Å². The number of pyridine rings is 1. The molecule has 2 N–H and O–H groups in total. The van der Waals surface area contributed by atoms with Gasteiger partial charge in [-0.15, -0.1) is 0 Å². The van der Waals surface area contributed by atoms with Gasteiger partial charge in [0, 0.05) is 29.7 Å². The van der Waals surface area contributed by atoms with Crippen LogP contribution in [0.5, 0.6) is 5.75 Å². The van der Waals surface area contributed by atoms with Gasteiger partial charge in [-0.2, -0.15) is 4.98 Å². The van der Waals surface area contributed by atoms with Crippen molar-refractivity contribution in [1.29, 1.82) is 0 Å². The number of anilines is 1. The molecule has 3 aromatic rings.